The lowest BCUT2D eigenvalue weighted by atomic mass is 9.88. The molecule has 19 heavy (non-hydrogen) atoms. The van der Waals surface area contributed by atoms with Crippen molar-refractivity contribution in [1.82, 2.24) is 4.98 Å². The van der Waals surface area contributed by atoms with Gasteiger partial charge in [0, 0.05) is 11.9 Å². The zero-order valence-electron chi connectivity index (χ0n) is 13.1. The van der Waals surface area contributed by atoms with E-state index in [1.54, 1.807) is 0 Å². The van der Waals surface area contributed by atoms with Crippen LogP contribution < -0.4 is 0 Å². The van der Waals surface area contributed by atoms with Crippen molar-refractivity contribution in [2.75, 3.05) is 0 Å². The van der Waals surface area contributed by atoms with Gasteiger partial charge >= 0.3 is 0 Å². The zero-order chi connectivity index (χ0) is 13.9. The second-order valence-electron chi connectivity index (χ2n) is 5.77. The molecular weight excluding hydrogens is 230 g/mol. The molecule has 108 valence electrons. The Morgan fingerprint density at radius 2 is 1.58 bits per heavy atom. The summed E-state index contributed by atoms with van der Waals surface area (Å²) in [5.74, 6) is 0.755. The third-order valence-corrected chi connectivity index (χ3v) is 3.95. The highest BCUT2D eigenvalue weighted by molar-refractivity contribution is 5.19. The molecule has 0 radical (unpaired) electrons. The van der Waals surface area contributed by atoms with Crippen molar-refractivity contribution in [2.24, 2.45) is 0 Å². The predicted molar refractivity (Wildman–Crippen MR) is 84.6 cm³/mol. The molecule has 1 heterocycles. The first kappa shape index (κ1) is 16.2. The largest absolute Gasteiger partial charge is 0.262 e. The lowest BCUT2D eigenvalue weighted by molar-refractivity contribution is 0.501. The summed E-state index contributed by atoms with van der Waals surface area (Å²) in [4.78, 5) is 4.33. The summed E-state index contributed by atoms with van der Waals surface area (Å²) in [5, 5.41) is 0. The second-order valence-corrected chi connectivity index (χ2v) is 5.77. The van der Waals surface area contributed by atoms with Gasteiger partial charge in [-0.3, -0.25) is 4.98 Å². The topological polar surface area (TPSA) is 12.9 Å². The number of hydrogen-bond acceptors (Lipinski definition) is 1. The molecule has 0 saturated carbocycles. The van der Waals surface area contributed by atoms with Crippen LogP contribution in [0.25, 0.3) is 0 Å². The van der Waals surface area contributed by atoms with Gasteiger partial charge in [-0.05, 0) is 43.4 Å². The van der Waals surface area contributed by atoms with E-state index in [2.05, 4.69) is 37.9 Å². The normalized spacial score (nSPS) is 12.6. The van der Waals surface area contributed by atoms with Crippen LogP contribution in [-0.4, -0.2) is 4.98 Å². The van der Waals surface area contributed by atoms with Gasteiger partial charge in [0.2, 0.25) is 0 Å². The average Bonchev–Trinajstić information content (AvgIpc) is 2.41. The molecular formula is C18H31N. The number of unbranched alkanes of at least 4 members (excludes halogenated alkanes) is 5. The Labute approximate surface area is 119 Å². The third kappa shape index (κ3) is 6.75. The van der Waals surface area contributed by atoms with Gasteiger partial charge in [-0.15, -0.1) is 0 Å². The summed E-state index contributed by atoms with van der Waals surface area (Å²) in [6.07, 6.45) is 14.2. The first-order valence-corrected chi connectivity index (χ1v) is 8.20. The molecule has 0 N–H and O–H groups in total. The van der Waals surface area contributed by atoms with E-state index in [-0.39, 0.29) is 0 Å². The number of hydrogen-bond donors (Lipinski definition) is 0. The molecule has 1 aromatic rings. The first-order chi connectivity index (χ1) is 9.27. The van der Waals surface area contributed by atoms with Crippen molar-refractivity contribution in [3.05, 3.63) is 29.6 Å². The van der Waals surface area contributed by atoms with Crippen LogP contribution in [0.15, 0.2) is 18.3 Å². The Kier molecular flexibility index (Phi) is 8.53. The van der Waals surface area contributed by atoms with Gasteiger partial charge < -0.3 is 0 Å². The fourth-order valence-corrected chi connectivity index (χ4v) is 2.76. The molecule has 0 bridgehead atoms. The second kappa shape index (κ2) is 10.00. The van der Waals surface area contributed by atoms with Crippen LogP contribution in [0, 0.1) is 6.92 Å². The van der Waals surface area contributed by atoms with Gasteiger partial charge in [0.25, 0.3) is 0 Å². The fraction of sp³-hybridized carbons (Fsp3) is 0.722. The highest BCUT2D eigenvalue weighted by Crippen LogP contribution is 2.28. The van der Waals surface area contributed by atoms with E-state index < -0.39 is 0 Å². The summed E-state index contributed by atoms with van der Waals surface area (Å²) in [7, 11) is 0. The number of nitrogens with zero attached hydrogens (tertiary/aromatic N) is 1. The Balaban J connectivity index is 2.52. The van der Waals surface area contributed by atoms with Crippen molar-refractivity contribution < 1.29 is 0 Å². The van der Waals surface area contributed by atoms with Gasteiger partial charge in [-0.25, -0.2) is 0 Å². The third-order valence-electron chi connectivity index (χ3n) is 3.95. The van der Waals surface area contributed by atoms with Gasteiger partial charge in [-0.2, -0.15) is 0 Å². The molecule has 1 atom stereocenters. The molecule has 0 aliphatic heterocycles. The highest BCUT2D eigenvalue weighted by atomic mass is 14.6. The molecule has 0 aliphatic carbocycles. The lowest BCUT2D eigenvalue weighted by Gasteiger charge is -2.17. The van der Waals surface area contributed by atoms with E-state index in [0.717, 1.165) is 11.6 Å². The summed E-state index contributed by atoms with van der Waals surface area (Å²) in [6, 6.07) is 4.51. The number of aromatic nitrogens is 1. The van der Waals surface area contributed by atoms with Crippen LogP contribution in [0.5, 0.6) is 0 Å². The monoisotopic (exact) mass is 261 g/mol. The fourth-order valence-electron chi connectivity index (χ4n) is 2.76. The summed E-state index contributed by atoms with van der Waals surface area (Å²) >= 11 is 0. The van der Waals surface area contributed by atoms with Crippen LogP contribution in [-0.2, 0) is 0 Å². The predicted octanol–water partition coefficient (Wildman–Crippen LogP) is 6.02. The maximum atomic E-state index is 4.33. The molecule has 1 aromatic heterocycles. The van der Waals surface area contributed by atoms with Crippen molar-refractivity contribution in [3.8, 4) is 0 Å². The molecule has 1 heteroatoms. The summed E-state index contributed by atoms with van der Waals surface area (Å²) in [5.41, 5.74) is 2.67. The molecule has 0 spiro atoms. The van der Waals surface area contributed by atoms with Gasteiger partial charge in [0.05, 0.1) is 0 Å². The maximum Gasteiger partial charge on any atom is 0.0375 e. The van der Waals surface area contributed by atoms with Gasteiger partial charge in [0.15, 0.2) is 0 Å². The average molecular weight is 261 g/mol. The lowest BCUT2D eigenvalue weighted by Crippen LogP contribution is -2.01. The molecule has 1 rings (SSSR count). The molecule has 0 fully saturated rings. The molecule has 0 aliphatic rings. The summed E-state index contributed by atoms with van der Waals surface area (Å²) < 4.78 is 0. The zero-order valence-corrected chi connectivity index (χ0v) is 13.1. The van der Waals surface area contributed by atoms with Crippen molar-refractivity contribution in [2.45, 2.75) is 84.5 Å². The minimum absolute atomic E-state index is 0.755. The Morgan fingerprint density at radius 3 is 2.21 bits per heavy atom. The van der Waals surface area contributed by atoms with Crippen LogP contribution in [0.4, 0.5) is 0 Å². The number of aryl methyl sites for hydroxylation is 1. The Morgan fingerprint density at radius 1 is 0.947 bits per heavy atom. The van der Waals surface area contributed by atoms with E-state index in [0.29, 0.717) is 0 Å². The summed E-state index contributed by atoms with van der Waals surface area (Å²) in [6.45, 7) is 6.67. The van der Waals surface area contributed by atoms with Crippen molar-refractivity contribution in [3.63, 3.8) is 0 Å². The van der Waals surface area contributed by atoms with Gasteiger partial charge in [-0.1, -0.05) is 58.8 Å². The molecule has 1 nitrogen and oxygen atoms in total. The van der Waals surface area contributed by atoms with Crippen LogP contribution in [0.2, 0.25) is 0 Å². The van der Waals surface area contributed by atoms with E-state index in [1.807, 2.05) is 6.20 Å². The number of rotatable bonds is 10. The minimum atomic E-state index is 0.755. The molecule has 0 amide bonds. The SMILES string of the molecule is CCCCCCC(CCCCC)c1ccnc(C)c1. The molecule has 0 saturated heterocycles. The maximum absolute atomic E-state index is 4.33. The van der Waals surface area contributed by atoms with Gasteiger partial charge in [0.1, 0.15) is 0 Å². The molecule has 1 unspecified atom stereocenters. The van der Waals surface area contributed by atoms with E-state index in [1.165, 1.54) is 63.4 Å². The number of pyridine rings is 1. The van der Waals surface area contributed by atoms with E-state index in [9.17, 15) is 0 Å². The highest BCUT2D eigenvalue weighted by Gasteiger charge is 2.11. The Bertz CT molecular complexity index is 332. The first-order valence-electron chi connectivity index (χ1n) is 8.20. The van der Waals surface area contributed by atoms with Crippen LogP contribution in [0.3, 0.4) is 0 Å². The minimum Gasteiger partial charge on any atom is -0.262 e. The Hall–Kier alpha value is -0.850. The van der Waals surface area contributed by atoms with Crippen LogP contribution in [0.1, 0.15) is 88.8 Å². The smallest absolute Gasteiger partial charge is 0.0375 e. The van der Waals surface area contributed by atoms with Crippen molar-refractivity contribution >= 4 is 0 Å². The molecule has 0 aromatic carbocycles. The van der Waals surface area contributed by atoms with Crippen LogP contribution >= 0.6 is 0 Å². The van der Waals surface area contributed by atoms with Crippen molar-refractivity contribution in [1.29, 1.82) is 0 Å². The van der Waals surface area contributed by atoms with E-state index in [4.69, 9.17) is 0 Å². The standard InChI is InChI=1S/C18H31N/c1-4-6-8-10-12-17(11-9-7-5-2)18-13-14-19-16(3)15-18/h13-15,17H,4-12H2,1-3H3. The van der Waals surface area contributed by atoms with E-state index >= 15 is 0 Å². The quantitative estimate of drug-likeness (QED) is 0.469.